The molecule has 0 fully saturated rings. The van der Waals surface area contributed by atoms with Crippen molar-refractivity contribution >= 4 is 79.3 Å². The van der Waals surface area contributed by atoms with Crippen LogP contribution in [0.15, 0.2) is 61.9 Å². The summed E-state index contributed by atoms with van der Waals surface area (Å²) in [5.41, 5.74) is 2.18. The summed E-state index contributed by atoms with van der Waals surface area (Å²) in [5, 5.41) is 12.5. The van der Waals surface area contributed by atoms with E-state index in [0.29, 0.717) is 8.95 Å². The van der Waals surface area contributed by atoms with Crippen LogP contribution >= 0.6 is 59.1 Å². The maximum absolute atomic E-state index is 9.99. The van der Waals surface area contributed by atoms with Crippen LogP contribution in [0.25, 0.3) is 31.3 Å². The highest BCUT2D eigenvalue weighted by atomic mass is 79.9. The first-order valence-electron chi connectivity index (χ1n) is 6.84. The van der Waals surface area contributed by atoms with Crippen LogP contribution in [0.5, 0.6) is 5.75 Å². The van der Waals surface area contributed by atoms with E-state index in [-0.39, 0.29) is 5.75 Å². The van der Waals surface area contributed by atoms with Gasteiger partial charge in [0.25, 0.3) is 0 Å². The second kappa shape index (κ2) is 5.88. The van der Waals surface area contributed by atoms with E-state index >= 15 is 0 Å². The van der Waals surface area contributed by atoms with Crippen LogP contribution in [0.2, 0.25) is 0 Å². The molecule has 5 heteroatoms. The molecule has 114 valence electrons. The standard InChI is InChI=1S/C18H9Br3OS/c19-11-5-6-15-17(10-3-1-2-4-14(10)23-15)16(11)9-7-12(20)18(22)13(21)8-9/h1-8,22H. The zero-order valence-corrected chi connectivity index (χ0v) is 17.2. The number of phenols is 1. The van der Waals surface area contributed by atoms with Crippen LogP contribution in [-0.2, 0) is 0 Å². The SMILES string of the molecule is Oc1c(Br)cc(-c2c(Br)ccc3sc4ccccc4c23)cc1Br. The number of aromatic hydroxyl groups is 1. The van der Waals surface area contributed by atoms with Crippen LogP contribution in [-0.4, -0.2) is 5.11 Å². The molecule has 1 heterocycles. The minimum absolute atomic E-state index is 0.215. The van der Waals surface area contributed by atoms with E-state index in [0.717, 1.165) is 15.6 Å². The van der Waals surface area contributed by atoms with Crippen molar-refractivity contribution in [3.63, 3.8) is 0 Å². The molecule has 0 bridgehead atoms. The fraction of sp³-hybridized carbons (Fsp3) is 0. The highest BCUT2D eigenvalue weighted by Gasteiger charge is 2.16. The predicted octanol–water partition coefficient (Wildman–Crippen LogP) is 7.71. The summed E-state index contributed by atoms with van der Waals surface area (Å²) in [7, 11) is 0. The molecule has 1 nitrogen and oxygen atoms in total. The molecule has 0 spiro atoms. The average Bonchev–Trinajstić information content (AvgIpc) is 2.91. The molecule has 0 aliphatic carbocycles. The zero-order chi connectivity index (χ0) is 16.1. The van der Waals surface area contributed by atoms with E-state index in [1.165, 1.54) is 20.2 Å². The van der Waals surface area contributed by atoms with Crippen LogP contribution in [0, 0.1) is 0 Å². The Balaban J connectivity index is 2.16. The molecular weight excluding hydrogens is 504 g/mol. The third-order valence-electron chi connectivity index (χ3n) is 3.80. The number of rotatable bonds is 1. The Morgan fingerprint density at radius 1 is 0.783 bits per heavy atom. The summed E-state index contributed by atoms with van der Waals surface area (Å²) in [6.45, 7) is 0. The van der Waals surface area contributed by atoms with Crippen molar-refractivity contribution in [3.8, 4) is 16.9 Å². The normalized spacial score (nSPS) is 11.4. The summed E-state index contributed by atoms with van der Waals surface area (Å²) in [6, 6.07) is 16.6. The Bertz CT molecular complexity index is 1050. The number of hydrogen-bond donors (Lipinski definition) is 1. The first kappa shape index (κ1) is 15.6. The molecule has 0 saturated carbocycles. The van der Waals surface area contributed by atoms with Crippen molar-refractivity contribution < 1.29 is 5.11 Å². The van der Waals surface area contributed by atoms with Crippen molar-refractivity contribution in [2.45, 2.75) is 0 Å². The Morgan fingerprint density at radius 3 is 2.22 bits per heavy atom. The number of halogens is 3. The van der Waals surface area contributed by atoms with Crippen molar-refractivity contribution in [2.75, 3.05) is 0 Å². The van der Waals surface area contributed by atoms with Gasteiger partial charge in [-0.1, -0.05) is 34.1 Å². The molecule has 23 heavy (non-hydrogen) atoms. The van der Waals surface area contributed by atoms with Gasteiger partial charge < -0.3 is 5.11 Å². The number of thiophene rings is 1. The quantitative estimate of drug-likeness (QED) is 0.277. The third kappa shape index (κ3) is 2.54. The maximum atomic E-state index is 9.99. The lowest BCUT2D eigenvalue weighted by Gasteiger charge is -2.10. The molecule has 0 aliphatic rings. The van der Waals surface area contributed by atoms with E-state index in [9.17, 15) is 5.11 Å². The van der Waals surface area contributed by atoms with Crippen molar-refractivity contribution in [2.24, 2.45) is 0 Å². The number of phenolic OH excluding ortho intramolecular Hbond substituents is 1. The molecule has 0 atom stereocenters. The second-order valence-electron chi connectivity index (χ2n) is 5.18. The van der Waals surface area contributed by atoms with E-state index in [4.69, 9.17) is 0 Å². The first-order chi connectivity index (χ1) is 11.1. The highest BCUT2D eigenvalue weighted by Crippen LogP contribution is 2.45. The lowest BCUT2D eigenvalue weighted by molar-refractivity contribution is 0.468. The van der Waals surface area contributed by atoms with Gasteiger partial charge in [0, 0.05) is 30.2 Å². The number of benzene rings is 3. The van der Waals surface area contributed by atoms with Gasteiger partial charge in [-0.15, -0.1) is 11.3 Å². The minimum atomic E-state index is 0.215. The number of fused-ring (bicyclic) bond motifs is 3. The van der Waals surface area contributed by atoms with Crippen LogP contribution in [0.1, 0.15) is 0 Å². The fourth-order valence-electron chi connectivity index (χ4n) is 2.78. The molecular formula is C18H9Br3OS. The van der Waals surface area contributed by atoms with Crippen molar-refractivity contribution in [1.82, 2.24) is 0 Å². The van der Waals surface area contributed by atoms with Gasteiger partial charge in [0.05, 0.1) is 8.95 Å². The van der Waals surface area contributed by atoms with E-state index in [1.54, 1.807) is 11.3 Å². The number of hydrogen-bond acceptors (Lipinski definition) is 2. The third-order valence-corrected chi connectivity index (χ3v) is 6.80. The fourth-order valence-corrected chi connectivity index (χ4v) is 5.64. The zero-order valence-electron chi connectivity index (χ0n) is 11.6. The highest BCUT2D eigenvalue weighted by molar-refractivity contribution is 9.11. The maximum Gasteiger partial charge on any atom is 0.143 e. The Morgan fingerprint density at radius 2 is 1.48 bits per heavy atom. The monoisotopic (exact) mass is 510 g/mol. The topological polar surface area (TPSA) is 20.2 Å². The van der Waals surface area contributed by atoms with Gasteiger partial charge in [-0.2, -0.15) is 0 Å². The summed E-state index contributed by atoms with van der Waals surface area (Å²) < 4.78 is 4.91. The van der Waals surface area contributed by atoms with Gasteiger partial charge in [0.2, 0.25) is 0 Å². The molecule has 1 aromatic heterocycles. The minimum Gasteiger partial charge on any atom is -0.506 e. The molecule has 4 rings (SSSR count). The van der Waals surface area contributed by atoms with Crippen LogP contribution in [0.3, 0.4) is 0 Å². The van der Waals surface area contributed by atoms with E-state index < -0.39 is 0 Å². The van der Waals surface area contributed by atoms with E-state index in [1.807, 2.05) is 12.1 Å². The summed E-state index contributed by atoms with van der Waals surface area (Å²) >= 11 is 12.4. The largest absolute Gasteiger partial charge is 0.506 e. The summed E-state index contributed by atoms with van der Waals surface area (Å²) in [4.78, 5) is 0. The smallest absolute Gasteiger partial charge is 0.143 e. The van der Waals surface area contributed by atoms with Crippen LogP contribution < -0.4 is 0 Å². The molecule has 0 amide bonds. The first-order valence-corrected chi connectivity index (χ1v) is 10.0. The molecule has 4 aromatic rings. The van der Waals surface area contributed by atoms with Gasteiger partial charge in [-0.05, 0) is 67.8 Å². The van der Waals surface area contributed by atoms with Gasteiger partial charge >= 0.3 is 0 Å². The lowest BCUT2D eigenvalue weighted by Crippen LogP contribution is -1.84. The molecule has 0 aliphatic heterocycles. The average molecular weight is 513 g/mol. The van der Waals surface area contributed by atoms with Crippen molar-refractivity contribution in [1.29, 1.82) is 0 Å². The molecule has 0 radical (unpaired) electrons. The van der Waals surface area contributed by atoms with Gasteiger partial charge in [0.1, 0.15) is 5.75 Å². The molecule has 0 saturated heterocycles. The molecule has 3 aromatic carbocycles. The predicted molar refractivity (Wildman–Crippen MR) is 110 cm³/mol. The Hall–Kier alpha value is -0.880. The Labute approximate surface area is 162 Å². The van der Waals surface area contributed by atoms with Gasteiger partial charge in [-0.3, -0.25) is 0 Å². The van der Waals surface area contributed by atoms with Crippen LogP contribution in [0.4, 0.5) is 0 Å². The second-order valence-corrected chi connectivity index (χ2v) is 8.83. The Kier molecular flexibility index (Phi) is 4.00. The van der Waals surface area contributed by atoms with Gasteiger partial charge in [0.15, 0.2) is 0 Å². The molecule has 0 unspecified atom stereocenters. The van der Waals surface area contributed by atoms with Crippen molar-refractivity contribution in [3.05, 3.63) is 61.9 Å². The summed E-state index contributed by atoms with van der Waals surface area (Å²) in [5.74, 6) is 0.215. The van der Waals surface area contributed by atoms with E-state index in [2.05, 4.69) is 84.2 Å². The van der Waals surface area contributed by atoms with Gasteiger partial charge in [-0.25, -0.2) is 0 Å². The lowest BCUT2D eigenvalue weighted by atomic mass is 9.99. The molecule has 1 N–H and O–H groups in total. The summed E-state index contributed by atoms with van der Waals surface area (Å²) in [6.07, 6.45) is 0.